The van der Waals surface area contributed by atoms with E-state index in [4.69, 9.17) is 11.5 Å². The molecule has 0 spiro atoms. The van der Waals surface area contributed by atoms with Crippen LogP contribution >= 0.6 is 0 Å². The Labute approximate surface area is 76.7 Å². The molecule has 0 saturated carbocycles. The van der Waals surface area contributed by atoms with Gasteiger partial charge < -0.3 is 11.5 Å². The molecule has 0 aliphatic rings. The highest BCUT2D eigenvalue weighted by Crippen LogP contribution is 2.20. The van der Waals surface area contributed by atoms with Gasteiger partial charge in [-0.2, -0.15) is 0 Å². The van der Waals surface area contributed by atoms with Crippen molar-refractivity contribution in [2.24, 2.45) is 23.3 Å². The van der Waals surface area contributed by atoms with Gasteiger partial charge in [0.2, 0.25) is 0 Å². The van der Waals surface area contributed by atoms with Crippen molar-refractivity contribution in [2.45, 2.75) is 52.6 Å². The summed E-state index contributed by atoms with van der Waals surface area (Å²) in [4.78, 5) is 0. The normalized spacial score (nSPS) is 16.5. The fraction of sp³-hybridized carbons (Fsp3) is 1.00. The smallest absolute Gasteiger partial charge is 0.0523 e. The van der Waals surface area contributed by atoms with Crippen molar-refractivity contribution in [3.05, 3.63) is 0 Å². The van der Waals surface area contributed by atoms with Gasteiger partial charge in [-0.05, 0) is 24.7 Å². The van der Waals surface area contributed by atoms with E-state index in [1.807, 2.05) is 0 Å². The molecular formula is C10H24N2. The van der Waals surface area contributed by atoms with Crippen LogP contribution in [0.3, 0.4) is 0 Å². The van der Waals surface area contributed by atoms with Crippen molar-refractivity contribution in [2.75, 3.05) is 0 Å². The maximum atomic E-state index is 5.56. The lowest BCUT2D eigenvalue weighted by Gasteiger charge is -2.20. The second-order valence-electron chi connectivity index (χ2n) is 3.92. The molecule has 0 aromatic rings. The first-order chi connectivity index (χ1) is 5.60. The Morgan fingerprint density at radius 2 is 1.58 bits per heavy atom. The van der Waals surface area contributed by atoms with Crippen molar-refractivity contribution in [1.82, 2.24) is 0 Å². The maximum absolute atomic E-state index is 5.56. The molecule has 2 unspecified atom stereocenters. The lowest BCUT2D eigenvalue weighted by molar-refractivity contribution is 0.334. The molecular weight excluding hydrogens is 148 g/mol. The average molecular weight is 172 g/mol. The van der Waals surface area contributed by atoms with E-state index in [0.29, 0.717) is 0 Å². The van der Waals surface area contributed by atoms with E-state index in [2.05, 4.69) is 20.8 Å². The van der Waals surface area contributed by atoms with Crippen molar-refractivity contribution in [3.8, 4) is 0 Å². The van der Waals surface area contributed by atoms with Gasteiger partial charge in [0.05, 0.1) is 6.17 Å². The molecule has 4 N–H and O–H groups in total. The molecule has 0 heterocycles. The second kappa shape index (κ2) is 6.44. The van der Waals surface area contributed by atoms with Gasteiger partial charge >= 0.3 is 0 Å². The number of hydrogen-bond acceptors (Lipinski definition) is 2. The molecule has 74 valence electrons. The maximum Gasteiger partial charge on any atom is 0.0523 e. The standard InChI is InChI=1S/C10H24N2/c1-4-8(3)6-9(5-2)7-10(11)12/h8-10H,4-7,11-12H2,1-3H3. The molecule has 2 atom stereocenters. The van der Waals surface area contributed by atoms with Crippen LogP contribution in [0.4, 0.5) is 0 Å². The van der Waals surface area contributed by atoms with E-state index in [0.717, 1.165) is 18.3 Å². The SMILES string of the molecule is CCC(C)CC(CC)CC(N)N. The fourth-order valence-corrected chi connectivity index (χ4v) is 1.55. The molecule has 2 nitrogen and oxygen atoms in total. The van der Waals surface area contributed by atoms with Gasteiger partial charge in [-0.15, -0.1) is 0 Å². The van der Waals surface area contributed by atoms with Gasteiger partial charge in [0.15, 0.2) is 0 Å². The second-order valence-corrected chi connectivity index (χ2v) is 3.92. The van der Waals surface area contributed by atoms with Crippen molar-refractivity contribution in [1.29, 1.82) is 0 Å². The Balaban J connectivity index is 3.66. The summed E-state index contributed by atoms with van der Waals surface area (Å²) in [6.45, 7) is 6.75. The Morgan fingerprint density at radius 1 is 1.00 bits per heavy atom. The summed E-state index contributed by atoms with van der Waals surface area (Å²) >= 11 is 0. The summed E-state index contributed by atoms with van der Waals surface area (Å²) in [7, 11) is 0. The highest BCUT2D eigenvalue weighted by atomic mass is 14.8. The summed E-state index contributed by atoms with van der Waals surface area (Å²) in [5.74, 6) is 1.54. The summed E-state index contributed by atoms with van der Waals surface area (Å²) < 4.78 is 0. The minimum atomic E-state index is -0.126. The third kappa shape index (κ3) is 5.56. The number of hydrogen-bond donors (Lipinski definition) is 2. The zero-order valence-corrected chi connectivity index (χ0v) is 8.72. The third-order valence-corrected chi connectivity index (χ3v) is 2.62. The molecule has 0 aromatic carbocycles. The summed E-state index contributed by atoms with van der Waals surface area (Å²) in [6, 6.07) is 0. The third-order valence-electron chi connectivity index (χ3n) is 2.62. The number of rotatable bonds is 6. The van der Waals surface area contributed by atoms with Gasteiger partial charge in [0.1, 0.15) is 0 Å². The van der Waals surface area contributed by atoms with E-state index in [9.17, 15) is 0 Å². The lowest BCUT2D eigenvalue weighted by atomic mass is 9.89. The molecule has 0 aliphatic carbocycles. The van der Waals surface area contributed by atoms with Crippen LogP contribution in [0.15, 0.2) is 0 Å². The first-order valence-corrected chi connectivity index (χ1v) is 5.11. The Kier molecular flexibility index (Phi) is 6.39. The minimum absolute atomic E-state index is 0.126. The monoisotopic (exact) mass is 172 g/mol. The highest BCUT2D eigenvalue weighted by molar-refractivity contribution is 4.65. The van der Waals surface area contributed by atoms with Crippen LogP contribution in [0.1, 0.15) is 46.5 Å². The van der Waals surface area contributed by atoms with E-state index in [1.54, 1.807) is 0 Å². The summed E-state index contributed by atoms with van der Waals surface area (Å²) in [5.41, 5.74) is 11.1. The Hall–Kier alpha value is -0.0800. The molecule has 0 amide bonds. The van der Waals surface area contributed by atoms with Crippen LogP contribution in [0.25, 0.3) is 0 Å². The largest absolute Gasteiger partial charge is 0.316 e. The summed E-state index contributed by atoms with van der Waals surface area (Å²) in [6.07, 6.45) is 4.59. The lowest BCUT2D eigenvalue weighted by Crippen LogP contribution is -2.33. The number of nitrogens with two attached hydrogens (primary N) is 2. The zero-order chi connectivity index (χ0) is 9.56. The zero-order valence-electron chi connectivity index (χ0n) is 8.72. The van der Waals surface area contributed by atoms with Crippen molar-refractivity contribution in [3.63, 3.8) is 0 Å². The Bertz CT molecular complexity index is 102. The van der Waals surface area contributed by atoms with Crippen LogP contribution in [0.2, 0.25) is 0 Å². The predicted molar refractivity (Wildman–Crippen MR) is 54.6 cm³/mol. The molecule has 2 heteroatoms. The highest BCUT2D eigenvalue weighted by Gasteiger charge is 2.11. The molecule has 0 aromatic heterocycles. The molecule has 0 radical (unpaired) electrons. The van der Waals surface area contributed by atoms with E-state index in [1.165, 1.54) is 19.3 Å². The first-order valence-electron chi connectivity index (χ1n) is 5.11. The van der Waals surface area contributed by atoms with Crippen LogP contribution < -0.4 is 11.5 Å². The van der Waals surface area contributed by atoms with E-state index < -0.39 is 0 Å². The van der Waals surface area contributed by atoms with Crippen molar-refractivity contribution < 1.29 is 0 Å². The van der Waals surface area contributed by atoms with E-state index in [-0.39, 0.29) is 6.17 Å². The average Bonchev–Trinajstić information content (AvgIpc) is 2.02. The minimum Gasteiger partial charge on any atom is -0.316 e. The summed E-state index contributed by atoms with van der Waals surface area (Å²) in [5, 5.41) is 0. The van der Waals surface area contributed by atoms with Crippen LogP contribution in [0, 0.1) is 11.8 Å². The fourth-order valence-electron chi connectivity index (χ4n) is 1.55. The van der Waals surface area contributed by atoms with Gasteiger partial charge in [-0.1, -0.05) is 33.6 Å². The topological polar surface area (TPSA) is 52.0 Å². The molecule has 0 saturated heterocycles. The molecule has 12 heavy (non-hydrogen) atoms. The van der Waals surface area contributed by atoms with Gasteiger partial charge in [-0.3, -0.25) is 0 Å². The van der Waals surface area contributed by atoms with Gasteiger partial charge in [0, 0.05) is 0 Å². The quantitative estimate of drug-likeness (QED) is 0.603. The first kappa shape index (κ1) is 11.9. The predicted octanol–water partition coefficient (Wildman–Crippen LogP) is 2.08. The van der Waals surface area contributed by atoms with Gasteiger partial charge in [-0.25, -0.2) is 0 Å². The molecule has 0 bridgehead atoms. The molecule has 0 fully saturated rings. The Morgan fingerprint density at radius 3 is 1.92 bits per heavy atom. The molecule has 0 rings (SSSR count). The van der Waals surface area contributed by atoms with Gasteiger partial charge in [0.25, 0.3) is 0 Å². The van der Waals surface area contributed by atoms with Crippen LogP contribution in [0.5, 0.6) is 0 Å². The van der Waals surface area contributed by atoms with E-state index >= 15 is 0 Å². The van der Waals surface area contributed by atoms with Crippen molar-refractivity contribution >= 4 is 0 Å². The van der Waals surface area contributed by atoms with Crippen LogP contribution in [-0.4, -0.2) is 6.17 Å². The van der Waals surface area contributed by atoms with Crippen LogP contribution in [-0.2, 0) is 0 Å². The molecule has 0 aliphatic heterocycles.